The predicted molar refractivity (Wildman–Crippen MR) is 44.2 cm³/mol. The van der Waals surface area contributed by atoms with E-state index in [1.165, 1.54) is 0 Å². The largest absolute Gasteiger partial charge is 0.368 e. The zero-order valence-corrected chi connectivity index (χ0v) is 8.07. The molecule has 0 aromatic heterocycles. The Morgan fingerprint density at radius 3 is 2.77 bits per heavy atom. The normalized spacial score (nSPS) is 43.3. The Morgan fingerprint density at radius 1 is 1.38 bits per heavy atom. The van der Waals surface area contributed by atoms with E-state index in [1.54, 1.807) is 6.92 Å². The summed E-state index contributed by atoms with van der Waals surface area (Å²) in [5.41, 5.74) is 0. The number of carbonyl (C=O) groups is 1. The van der Waals surface area contributed by atoms with Crippen LogP contribution in [0.5, 0.6) is 0 Å². The highest BCUT2D eigenvalue weighted by molar-refractivity contribution is 5.88. The van der Waals surface area contributed by atoms with E-state index in [-0.39, 0.29) is 18.0 Å². The van der Waals surface area contributed by atoms with E-state index in [1.807, 2.05) is 13.8 Å². The number of carbonyl (C=O) groups excluding carboxylic acids is 1. The molecule has 4 heteroatoms. The Labute approximate surface area is 77.1 Å². The zero-order chi connectivity index (χ0) is 9.64. The maximum Gasteiger partial charge on any atom is 0.192 e. The van der Waals surface area contributed by atoms with Gasteiger partial charge in [0.25, 0.3) is 0 Å². The summed E-state index contributed by atoms with van der Waals surface area (Å²) in [6.07, 6.45) is -1.02. The summed E-state index contributed by atoms with van der Waals surface area (Å²) in [4.78, 5) is 11.6. The summed E-state index contributed by atoms with van der Waals surface area (Å²) in [5.74, 6) is -0.667. The molecule has 13 heavy (non-hydrogen) atoms. The van der Waals surface area contributed by atoms with Crippen molar-refractivity contribution in [3.8, 4) is 0 Å². The number of fused-ring (bicyclic) bond motifs is 1. The second kappa shape index (κ2) is 2.77. The second-order valence-corrected chi connectivity index (χ2v) is 3.97. The SMILES string of the molecule is C[C@H]1OC[C@@H]2OC(C)(C)O[C@@H]2C1=O. The van der Waals surface area contributed by atoms with Gasteiger partial charge in [-0.05, 0) is 20.8 Å². The minimum Gasteiger partial charge on any atom is -0.368 e. The van der Waals surface area contributed by atoms with Gasteiger partial charge < -0.3 is 14.2 Å². The van der Waals surface area contributed by atoms with Crippen LogP contribution in [0.3, 0.4) is 0 Å². The molecule has 0 N–H and O–H groups in total. The molecular weight excluding hydrogens is 172 g/mol. The van der Waals surface area contributed by atoms with Crippen molar-refractivity contribution in [2.45, 2.75) is 44.9 Å². The molecule has 2 aliphatic rings. The van der Waals surface area contributed by atoms with Gasteiger partial charge in [0.15, 0.2) is 17.7 Å². The van der Waals surface area contributed by atoms with Gasteiger partial charge >= 0.3 is 0 Å². The number of hydrogen-bond acceptors (Lipinski definition) is 4. The van der Waals surface area contributed by atoms with Crippen molar-refractivity contribution in [1.29, 1.82) is 0 Å². The second-order valence-electron chi connectivity index (χ2n) is 3.97. The third-order valence-electron chi connectivity index (χ3n) is 2.38. The first-order valence-electron chi connectivity index (χ1n) is 4.50. The van der Waals surface area contributed by atoms with Crippen molar-refractivity contribution in [1.82, 2.24) is 0 Å². The van der Waals surface area contributed by atoms with E-state index in [0.29, 0.717) is 6.61 Å². The monoisotopic (exact) mass is 186 g/mol. The highest BCUT2D eigenvalue weighted by Gasteiger charge is 2.49. The van der Waals surface area contributed by atoms with Crippen molar-refractivity contribution in [2.24, 2.45) is 0 Å². The molecule has 0 bridgehead atoms. The van der Waals surface area contributed by atoms with E-state index in [4.69, 9.17) is 14.2 Å². The van der Waals surface area contributed by atoms with Crippen molar-refractivity contribution in [2.75, 3.05) is 6.61 Å². The van der Waals surface area contributed by atoms with Crippen LogP contribution in [0, 0.1) is 0 Å². The minimum atomic E-state index is -0.654. The first-order chi connectivity index (χ1) is 5.99. The van der Waals surface area contributed by atoms with Crippen LogP contribution in [-0.2, 0) is 19.0 Å². The molecule has 2 saturated heterocycles. The maximum absolute atomic E-state index is 11.6. The lowest BCUT2D eigenvalue weighted by Crippen LogP contribution is -2.46. The Hall–Kier alpha value is -0.450. The van der Waals surface area contributed by atoms with Gasteiger partial charge in [0.2, 0.25) is 0 Å². The lowest BCUT2D eigenvalue weighted by atomic mass is 10.0. The lowest BCUT2D eigenvalue weighted by Gasteiger charge is -2.25. The molecule has 2 heterocycles. The minimum absolute atomic E-state index is 0.0122. The number of ketones is 1. The van der Waals surface area contributed by atoms with Crippen LogP contribution in [0.15, 0.2) is 0 Å². The van der Waals surface area contributed by atoms with Crippen LogP contribution in [0.1, 0.15) is 20.8 Å². The van der Waals surface area contributed by atoms with Crippen molar-refractivity contribution in [3.63, 3.8) is 0 Å². The molecule has 0 spiro atoms. The maximum atomic E-state index is 11.6. The lowest BCUT2D eigenvalue weighted by molar-refractivity contribution is -0.155. The van der Waals surface area contributed by atoms with E-state index in [2.05, 4.69) is 0 Å². The molecule has 4 nitrogen and oxygen atoms in total. The highest BCUT2D eigenvalue weighted by Crippen LogP contribution is 2.32. The molecule has 2 fully saturated rings. The molecule has 0 aromatic rings. The van der Waals surface area contributed by atoms with Gasteiger partial charge in [-0.3, -0.25) is 4.79 Å². The molecule has 0 aromatic carbocycles. The van der Waals surface area contributed by atoms with Crippen LogP contribution in [0.25, 0.3) is 0 Å². The molecule has 3 atom stereocenters. The fraction of sp³-hybridized carbons (Fsp3) is 0.889. The number of rotatable bonds is 0. The van der Waals surface area contributed by atoms with Gasteiger partial charge in [0.1, 0.15) is 12.2 Å². The van der Waals surface area contributed by atoms with E-state index in [9.17, 15) is 4.79 Å². The summed E-state index contributed by atoms with van der Waals surface area (Å²) in [6.45, 7) is 5.81. The average Bonchev–Trinajstić information content (AvgIpc) is 2.34. The van der Waals surface area contributed by atoms with Gasteiger partial charge in [-0.25, -0.2) is 0 Å². The number of hydrogen-bond donors (Lipinski definition) is 0. The van der Waals surface area contributed by atoms with Gasteiger partial charge in [0.05, 0.1) is 6.61 Å². The molecule has 0 saturated carbocycles. The van der Waals surface area contributed by atoms with E-state index < -0.39 is 11.9 Å². The molecule has 2 rings (SSSR count). The number of Topliss-reactive ketones (excluding diaryl/α,β-unsaturated/α-hetero) is 1. The van der Waals surface area contributed by atoms with Gasteiger partial charge in [0, 0.05) is 0 Å². The van der Waals surface area contributed by atoms with Crippen molar-refractivity contribution in [3.05, 3.63) is 0 Å². The smallest absolute Gasteiger partial charge is 0.192 e. The fourth-order valence-electron chi connectivity index (χ4n) is 1.75. The van der Waals surface area contributed by atoms with Crippen molar-refractivity contribution < 1.29 is 19.0 Å². The van der Waals surface area contributed by atoms with Crippen LogP contribution >= 0.6 is 0 Å². The van der Waals surface area contributed by atoms with E-state index in [0.717, 1.165) is 0 Å². The molecule has 74 valence electrons. The topological polar surface area (TPSA) is 44.8 Å². The predicted octanol–water partition coefficient (Wildman–Crippen LogP) is 0.494. The molecule has 0 amide bonds. The molecule has 0 aliphatic carbocycles. The van der Waals surface area contributed by atoms with Crippen LogP contribution in [-0.4, -0.2) is 36.5 Å². The van der Waals surface area contributed by atoms with Crippen LogP contribution < -0.4 is 0 Å². The van der Waals surface area contributed by atoms with Crippen LogP contribution in [0.2, 0.25) is 0 Å². The van der Waals surface area contributed by atoms with Gasteiger partial charge in [-0.2, -0.15) is 0 Å². The van der Waals surface area contributed by atoms with Gasteiger partial charge in [-0.15, -0.1) is 0 Å². The third-order valence-corrected chi connectivity index (χ3v) is 2.38. The standard InChI is InChI=1S/C9H14O4/c1-5-7(10)8-6(4-11-5)12-9(2,3)13-8/h5-6,8H,4H2,1-3H3/t5-,6+,8+/m1/s1. The number of ether oxygens (including phenoxy) is 3. The summed E-state index contributed by atoms with van der Waals surface area (Å²) in [5, 5.41) is 0. The summed E-state index contributed by atoms with van der Waals surface area (Å²) < 4.78 is 16.2. The summed E-state index contributed by atoms with van der Waals surface area (Å²) >= 11 is 0. The Morgan fingerprint density at radius 2 is 2.08 bits per heavy atom. The molecule has 0 unspecified atom stereocenters. The van der Waals surface area contributed by atoms with Crippen molar-refractivity contribution >= 4 is 5.78 Å². The van der Waals surface area contributed by atoms with Gasteiger partial charge in [-0.1, -0.05) is 0 Å². The Bertz CT molecular complexity index is 236. The summed E-state index contributed by atoms with van der Waals surface area (Å²) in [7, 11) is 0. The molecule has 0 radical (unpaired) electrons. The fourth-order valence-corrected chi connectivity index (χ4v) is 1.75. The Kier molecular flexibility index (Phi) is 1.94. The zero-order valence-electron chi connectivity index (χ0n) is 8.07. The third kappa shape index (κ3) is 1.49. The Balaban J connectivity index is 2.15. The molecule has 2 aliphatic heterocycles. The van der Waals surface area contributed by atoms with Crippen LogP contribution in [0.4, 0.5) is 0 Å². The quantitative estimate of drug-likeness (QED) is 0.552. The first kappa shape index (κ1) is 9.12. The van der Waals surface area contributed by atoms with E-state index >= 15 is 0 Å². The average molecular weight is 186 g/mol. The molecular formula is C9H14O4. The summed E-state index contributed by atoms with van der Waals surface area (Å²) in [6, 6.07) is 0. The first-order valence-corrected chi connectivity index (χ1v) is 4.50. The highest BCUT2D eigenvalue weighted by atomic mass is 16.8.